The van der Waals surface area contributed by atoms with Gasteiger partial charge in [0.15, 0.2) is 5.76 Å². The van der Waals surface area contributed by atoms with Crippen molar-refractivity contribution in [2.45, 2.75) is 45.4 Å². The molecule has 0 bridgehead atoms. The van der Waals surface area contributed by atoms with Crippen LogP contribution >= 0.6 is 0 Å². The van der Waals surface area contributed by atoms with Crippen molar-refractivity contribution in [2.24, 2.45) is 0 Å². The molecule has 2 unspecified atom stereocenters. The predicted molar refractivity (Wildman–Crippen MR) is 56.5 cm³/mol. The molecule has 0 saturated carbocycles. The van der Waals surface area contributed by atoms with E-state index in [0.29, 0.717) is 12.1 Å². The average molecular weight is 210 g/mol. The molecule has 1 saturated heterocycles. The van der Waals surface area contributed by atoms with Crippen molar-refractivity contribution >= 4 is 0 Å². The van der Waals surface area contributed by atoms with Crippen molar-refractivity contribution in [3.8, 4) is 0 Å². The van der Waals surface area contributed by atoms with Crippen LogP contribution in [0, 0.1) is 0 Å². The molecule has 1 fully saturated rings. The molecule has 2 atom stereocenters. The second kappa shape index (κ2) is 4.77. The summed E-state index contributed by atoms with van der Waals surface area (Å²) in [6.07, 6.45) is 2.31. The quantitative estimate of drug-likeness (QED) is 0.818. The Balaban J connectivity index is 1.82. The summed E-state index contributed by atoms with van der Waals surface area (Å²) in [6, 6.07) is 2.45. The number of aromatic nitrogens is 1. The van der Waals surface area contributed by atoms with Gasteiger partial charge in [-0.05, 0) is 19.8 Å². The minimum atomic E-state index is 0.304. The molecular weight excluding hydrogens is 192 g/mol. The lowest BCUT2D eigenvalue weighted by molar-refractivity contribution is 0.112. The van der Waals surface area contributed by atoms with Crippen molar-refractivity contribution in [2.75, 3.05) is 6.61 Å². The van der Waals surface area contributed by atoms with E-state index in [1.54, 1.807) is 0 Å². The summed E-state index contributed by atoms with van der Waals surface area (Å²) in [5.74, 6) is 0.908. The summed E-state index contributed by atoms with van der Waals surface area (Å²) < 4.78 is 10.7. The number of aryl methyl sites for hydroxylation is 1. The average Bonchev–Trinajstić information content (AvgIpc) is 2.84. The standard InChI is InChI=1S/C11H18N2O2/c1-3-9-6-10(15-13-9)7-12-11-4-5-14-8(11)2/h6,8,11-12H,3-5,7H2,1-2H3. The molecule has 0 aliphatic carbocycles. The molecule has 1 aliphatic heterocycles. The molecule has 0 aromatic carbocycles. The molecule has 1 aromatic rings. The van der Waals surface area contributed by atoms with E-state index in [1.165, 1.54) is 0 Å². The second-order valence-corrected chi connectivity index (χ2v) is 3.99. The molecule has 1 aromatic heterocycles. The number of ether oxygens (including phenoxy) is 1. The summed E-state index contributed by atoms with van der Waals surface area (Å²) in [7, 11) is 0. The van der Waals surface area contributed by atoms with E-state index in [9.17, 15) is 0 Å². The third-order valence-corrected chi connectivity index (χ3v) is 2.88. The Hall–Kier alpha value is -0.870. The van der Waals surface area contributed by atoms with Gasteiger partial charge in [-0.15, -0.1) is 0 Å². The Kier molecular flexibility index (Phi) is 3.38. The molecule has 84 valence electrons. The van der Waals surface area contributed by atoms with E-state index in [1.807, 2.05) is 6.07 Å². The van der Waals surface area contributed by atoms with E-state index >= 15 is 0 Å². The van der Waals surface area contributed by atoms with Gasteiger partial charge in [-0.3, -0.25) is 0 Å². The summed E-state index contributed by atoms with van der Waals surface area (Å²) >= 11 is 0. The van der Waals surface area contributed by atoms with Crippen LogP contribution < -0.4 is 5.32 Å². The van der Waals surface area contributed by atoms with Crippen LogP contribution in [-0.4, -0.2) is 23.9 Å². The Bertz CT molecular complexity index is 311. The fourth-order valence-corrected chi connectivity index (χ4v) is 1.84. The second-order valence-electron chi connectivity index (χ2n) is 3.99. The van der Waals surface area contributed by atoms with Crippen LogP contribution in [-0.2, 0) is 17.7 Å². The molecule has 2 heterocycles. The van der Waals surface area contributed by atoms with Crippen LogP contribution in [0.5, 0.6) is 0 Å². The smallest absolute Gasteiger partial charge is 0.150 e. The van der Waals surface area contributed by atoms with E-state index < -0.39 is 0 Å². The first-order valence-corrected chi connectivity index (χ1v) is 5.59. The molecule has 4 heteroatoms. The van der Waals surface area contributed by atoms with Gasteiger partial charge in [0.25, 0.3) is 0 Å². The number of hydrogen-bond donors (Lipinski definition) is 1. The maximum atomic E-state index is 5.47. The van der Waals surface area contributed by atoms with Crippen molar-refractivity contribution in [3.63, 3.8) is 0 Å². The largest absolute Gasteiger partial charge is 0.377 e. The highest BCUT2D eigenvalue weighted by atomic mass is 16.5. The Labute approximate surface area is 90.0 Å². The van der Waals surface area contributed by atoms with Crippen molar-refractivity contribution in [1.82, 2.24) is 10.5 Å². The Morgan fingerprint density at radius 2 is 2.47 bits per heavy atom. The molecule has 15 heavy (non-hydrogen) atoms. The molecule has 0 radical (unpaired) electrons. The van der Waals surface area contributed by atoms with E-state index in [2.05, 4.69) is 24.3 Å². The van der Waals surface area contributed by atoms with Gasteiger partial charge in [-0.25, -0.2) is 0 Å². The summed E-state index contributed by atoms with van der Waals surface area (Å²) in [6.45, 7) is 5.77. The number of hydrogen-bond acceptors (Lipinski definition) is 4. The minimum Gasteiger partial charge on any atom is -0.377 e. The zero-order valence-electron chi connectivity index (χ0n) is 9.32. The van der Waals surface area contributed by atoms with E-state index in [-0.39, 0.29) is 0 Å². The summed E-state index contributed by atoms with van der Waals surface area (Å²) in [5, 5.41) is 7.38. The van der Waals surface area contributed by atoms with Gasteiger partial charge in [-0.2, -0.15) is 0 Å². The monoisotopic (exact) mass is 210 g/mol. The van der Waals surface area contributed by atoms with Gasteiger partial charge >= 0.3 is 0 Å². The summed E-state index contributed by atoms with van der Waals surface area (Å²) in [4.78, 5) is 0. The van der Waals surface area contributed by atoms with Gasteiger partial charge < -0.3 is 14.6 Å². The lowest BCUT2D eigenvalue weighted by Crippen LogP contribution is -2.33. The third kappa shape index (κ3) is 2.58. The zero-order chi connectivity index (χ0) is 10.7. The molecule has 1 N–H and O–H groups in total. The van der Waals surface area contributed by atoms with Crippen LogP contribution in [0.25, 0.3) is 0 Å². The first-order chi connectivity index (χ1) is 7.29. The van der Waals surface area contributed by atoms with Gasteiger partial charge in [0.1, 0.15) is 0 Å². The van der Waals surface area contributed by atoms with Gasteiger partial charge in [-0.1, -0.05) is 12.1 Å². The number of nitrogens with zero attached hydrogens (tertiary/aromatic N) is 1. The third-order valence-electron chi connectivity index (χ3n) is 2.88. The first-order valence-electron chi connectivity index (χ1n) is 5.59. The Morgan fingerprint density at radius 1 is 1.60 bits per heavy atom. The molecule has 0 amide bonds. The highest BCUT2D eigenvalue weighted by molar-refractivity contribution is 5.05. The highest BCUT2D eigenvalue weighted by Gasteiger charge is 2.23. The lowest BCUT2D eigenvalue weighted by Gasteiger charge is -2.14. The number of rotatable bonds is 4. The summed E-state index contributed by atoms with van der Waals surface area (Å²) in [5.41, 5.74) is 1.02. The Morgan fingerprint density at radius 3 is 3.07 bits per heavy atom. The maximum absolute atomic E-state index is 5.47. The molecular formula is C11H18N2O2. The molecule has 2 rings (SSSR count). The van der Waals surface area contributed by atoms with E-state index in [0.717, 1.165) is 37.4 Å². The van der Waals surface area contributed by atoms with Crippen LogP contribution in [0.1, 0.15) is 31.7 Å². The normalized spacial score (nSPS) is 26.0. The van der Waals surface area contributed by atoms with Crippen molar-refractivity contribution in [1.29, 1.82) is 0 Å². The van der Waals surface area contributed by atoms with Gasteiger partial charge in [0.05, 0.1) is 18.3 Å². The SMILES string of the molecule is CCc1cc(CNC2CCOC2C)on1. The predicted octanol–water partition coefficient (Wildman–Crippen LogP) is 1.50. The van der Waals surface area contributed by atoms with E-state index in [4.69, 9.17) is 9.26 Å². The maximum Gasteiger partial charge on any atom is 0.150 e. The highest BCUT2D eigenvalue weighted by Crippen LogP contribution is 2.13. The molecule has 4 nitrogen and oxygen atoms in total. The topological polar surface area (TPSA) is 47.3 Å². The van der Waals surface area contributed by atoms with Crippen LogP contribution in [0.3, 0.4) is 0 Å². The van der Waals surface area contributed by atoms with Crippen LogP contribution in [0.15, 0.2) is 10.6 Å². The van der Waals surface area contributed by atoms with Crippen molar-refractivity contribution in [3.05, 3.63) is 17.5 Å². The first kappa shape index (κ1) is 10.6. The zero-order valence-corrected chi connectivity index (χ0v) is 9.32. The van der Waals surface area contributed by atoms with Crippen LogP contribution in [0.4, 0.5) is 0 Å². The molecule has 0 spiro atoms. The minimum absolute atomic E-state index is 0.304. The lowest BCUT2D eigenvalue weighted by atomic mass is 10.1. The number of nitrogens with one attached hydrogen (secondary N) is 1. The fraction of sp³-hybridized carbons (Fsp3) is 0.727. The van der Waals surface area contributed by atoms with Gasteiger partial charge in [0, 0.05) is 18.7 Å². The molecule has 1 aliphatic rings. The van der Waals surface area contributed by atoms with Gasteiger partial charge in [0.2, 0.25) is 0 Å². The van der Waals surface area contributed by atoms with Crippen molar-refractivity contribution < 1.29 is 9.26 Å². The van der Waals surface area contributed by atoms with Crippen LogP contribution in [0.2, 0.25) is 0 Å². The fourth-order valence-electron chi connectivity index (χ4n) is 1.84.